The lowest BCUT2D eigenvalue weighted by Gasteiger charge is -2.35. The number of nitrogens with zero attached hydrogens (tertiary/aromatic N) is 1. The van der Waals surface area contributed by atoms with Gasteiger partial charge in [-0.15, -0.1) is 0 Å². The fourth-order valence-corrected chi connectivity index (χ4v) is 2.84. The first kappa shape index (κ1) is 16.2. The van der Waals surface area contributed by atoms with Crippen LogP contribution in [-0.4, -0.2) is 48.2 Å². The average molecular weight is 312 g/mol. The van der Waals surface area contributed by atoms with Gasteiger partial charge < -0.3 is 15.6 Å². The van der Waals surface area contributed by atoms with Crippen molar-refractivity contribution in [3.05, 3.63) is 34.3 Å². The Balaban J connectivity index is 1.99. The molecule has 0 spiro atoms. The van der Waals surface area contributed by atoms with Gasteiger partial charge in [0.2, 0.25) is 0 Å². The second-order valence-electron chi connectivity index (χ2n) is 5.73. The largest absolute Gasteiger partial charge is 0.388 e. The zero-order chi connectivity index (χ0) is 15.5. The van der Waals surface area contributed by atoms with Crippen molar-refractivity contribution in [3.8, 4) is 0 Å². The number of aliphatic hydroxyl groups is 1. The number of amidine groups is 1. The molecule has 1 fully saturated rings. The molecule has 0 aromatic heterocycles. The van der Waals surface area contributed by atoms with E-state index in [2.05, 4.69) is 4.90 Å². The van der Waals surface area contributed by atoms with E-state index in [1.807, 2.05) is 13.1 Å². The second-order valence-corrected chi connectivity index (χ2v) is 6.14. The number of nitrogens with one attached hydrogen (secondary N) is 1. The van der Waals surface area contributed by atoms with Crippen LogP contribution in [0, 0.1) is 5.41 Å². The molecule has 1 aliphatic rings. The standard InChI is InChI=1S/C15H22ClN3O2/c1-19(10-15(20)4-6-21-7-5-15)9-12-3-2-11(14(17)18)8-13(12)16/h2-3,8,20H,4-7,9-10H2,1H3,(H3,17,18). The third-order valence-corrected chi connectivity index (χ3v) is 4.14. The molecule has 2 rings (SSSR count). The molecule has 1 aromatic carbocycles. The number of benzene rings is 1. The van der Waals surface area contributed by atoms with Crippen molar-refractivity contribution in [1.29, 1.82) is 5.41 Å². The first-order valence-corrected chi connectivity index (χ1v) is 7.39. The minimum absolute atomic E-state index is 0.00770. The van der Waals surface area contributed by atoms with Gasteiger partial charge in [0, 0.05) is 49.7 Å². The topological polar surface area (TPSA) is 82.6 Å². The van der Waals surface area contributed by atoms with E-state index in [1.165, 1.54) is 0 Å². The fourth-order valence-electron chi connectivity index (χ4n) is 2.60. The highest BCUT2D eigenvalue weighted by molar-refractivity contribution is 6.31. The predicted molar refractivity (Wildman–Crippen MR) is 83.8 cm³/mol. The highest BCUT2D eigenvalue weighted by Gasteiger charge is 2.31. The highest BCUT2D eigenvalue weighted by Crippen LogP contribution is 2.24. The van der Waals surface area contributed by atoms with E-state index in [9.17, 15) is 5.11 Å². The van der Waals surface area contributed by atoms with Crippen molar-refractivity contribution in [3.63, 3.8) is 0 Å². The Hall–Kier alpha value is -1.14. The monoisotopic (exact) mass is 311 g/mol. The zero-order valence-electron chi connectivity index (χ0n) is 12.2. The van der Waals surface area contributed by atoms with Crippen LogP contribution in [-0.2, 0) is 11.3 Å². The van der Waals surface area contributed by atoms with Crippen LogP contribution in [0.15, 0.2) is 18.2 Å². The molecule has 1 saturated heterocycles. The molecular formula is C15H22ClN3O2. The Morgan fingerprint density at radius 3 is 2.71 bits per heavy atom. The molecule has 116 valence electrons. The van der Waals surface area contributed by atoms with Crippen LogP contribution in [0.3, 0.4) is 0 Å². The molecule has 1 heterocycles. The second kappa shape index (κ2) is 6.75. The van der Waals surface area contributed by atoms with Crippen molar-refractivity contribution in [1.82, 2.24) is 4.90 Å². The fraction of sp³-hybridized carbons (Fsp3) is 0.533. The summed E-state index contributed by atoms with van der Waals surface area (Å²) in [6.07, 6.45) is 1.32. The van der Waals surface area contributed by atoms with Crippen LogP contribution >= 0.6 is 11.6 Å². The molecule has 0 atom stereocenters. The van der Waals surface area contributed by atoms with E-state index in [0.29, 0.717) is 49.7 Å². The SMILES string of the molecule is CN(Cc1ccc(C(=N)N)cc1Cl)CC1(O)CCOCC1. The Morgan fingerprint density at radius 2 is 2.14 bits per heavy atom. The maximum Gasteiger partial charge on any atom is 0.122 e. The third-order valence-electron chi connectivity index (χ3n) is 3.79. The van der Waals surface area contributed by atoms with Gasteiger partial charge in [0.25, 0.3) is 0 Å². The summed E-state index contributed by atoms with van der Waals surface area (Å²) in [6, 6.07) is 5.38. The van der Waals surface area contributed by atoms with Gasteiger partial charge in [-0.2, -0.15) is 0 Å². The molecule has 6 heteroatoms. The molecule has 5 nitrogen and oxygen atoms in total. The van der Waals surface area contributed by atoms with Crippen molar-refractivity contribution in [2.24, 2.45) is 5.73 Å². The van der Waals surface area contributed by atoms with Crippen molar-refractivity contribution >= 4 is 17.4 Å². The predicted octanol–water partition coefficient (Wildman–Crippen LogP) is 1.60. The van der Waals surface area contributed by atoms with Gasteiger partial charge in [-0.3, -0.25) is 10.3 Å². The van der Waals surface area contributed by atoms with E-state index in [0.717, 1.165) is 5.56 Å². The summed E-state index contributed by atoms with van der Waals surface area (Å²) < 4.78 is 5.29. The lowest BCUT2D eigenvalue weighted by molar-refractivity contribution is -0.0777. The quantitative estimate of drug-likeness (QED) is 0.570. The lowest BCUT2D eigenvalue weighted by atomic mass is 9.94. The molecule has 0 bridgehead atoms. The van der Waals surface area contributed by atoms with Crippen molar-refractivity contribution in [2.75, 3.05) is 26.8 Å². The van der Waals surface area contributed by atoms with Crippen molar-refractivity contribution < 1.29 is 9.84 Å². The Kier molecular flexibility index (Phi) is 5.22. The molecule has 0 saturated carbocycles. The molecule has 1 aliphatic heterocycles. The first-order chi connectivity index (χ1) is 9.89. The summed E-state index contributed by atoms with van der Waals surface area (Å²) in [4.78, 5) is 2.06. The molecule has 0 radical (unpaired) electrons. The Labute approximate surface area is 130 Å². The normalized spacial score (nSPS) is 17.9. The average Bonchev–Trinajstić information content (AvgIpc) is 2.41. The number of rotatable bonds is 5. The summed E-state index contributed by atoms with van der Waals surface area (Å²) in [5.41, 5.74) is 6.34. The lowest BCUT2D eigenvalue weighted by Crippen LogP contribution is -2.45. The Morgan fingerprint density at radius 1 is 1.48 bits per heavy atom. The highest BCUT2D eigenvalue weighted by atomic mass is 35.5. The first-order valence-electron chi connectivity index (χ1n) is 7.01. The molecule has 1 aromatic rings. The van der Waals surface area contributed by atoms with Gasteiger partial charge in [0.1, 0.15) is 5.84 Å². The number of nitrogen functional groups attached to an aromatic ring is 1. The maximum atomic E-state index is 10.5. The summed E-state index contributed by atoms with van der Waals surface area (Å²) in [6.45, 7) is 2.44. The maximum absolute atomic E-state index is 10.5. The zero-order valence-corrected chi connectivity index (χ0v) is 13.0. The van der Waals surface area contributed by atoms with E-state index < -0.39 is 5.60 Å². The minimum Gasteiger partial charge on any atom is -0.388 e. The molecule has 0 unspecified atom stereocenters. The number of hydrogen-bond acceptors (Lipinski definition) is 4. The van der Waals surface area contributed by atoms with E-state index >= 15 is 0 Å². The van der Waals surface area contributed by atoms with Crippen LogP contribution in [0.5, 0.6) is 0 Å². The third kappa shape index (κ3) is 4.41. The number of ether oxygens (including phenoxy) is 1. The van der Waals surface area contributed by atoms with E-state index in [4.69, 9.17) is 27.5 Å². The van der Waals surface area contributed by atoms with Gasteiger partial charge >= 0.3 is 0 Å². The molecule has 0 aliphatic carbocycles. The van der Waals surface area contributed by atoms with Crippen LogP contribution in [0.4, 0.5) is 0 Å². The van der Waals surface area contributed by atoms with Crippen LogP contribution in [0.1, 0.15) is 24.0 Å². The van der Waals surface area contributed by atoms with Crippen molar-refractivity contribution in [2.45, 2.75) is 25.0 Å². The number of hydrogen-bond donors (Lipinski definition) is 3. The van der Waals surface area contributed by atoms with Gasteiger partial charge in [-0.05, 0) is 18.7 Å². The van der Waals surface area contributed by atoms with Gasteiger partial charge in [-0.25, -0.2) is 0 Å². The summed E-state index contributed by atoms with van der Waals surface area (Å²) in [7, 11) is 1.96. The minimum atomic E-state index is -0.682. The van der Waals surface area contributed by atoms with Crippen LogP contribution in [0.25, 0.3) is 0 Å². The molecule has 21 heavy (non-hydrogen) atoms. The molecule has 4 N–H and O–H groups in total. The van der Waals surface area contributed by atoms with E-state index in [-0.39, 0.29) is 5.84 Å². The summed E-state index contributed by atoms with van der Waals surface area (Å²) in [5.74, 6) is 0.00770. The smallest absolute Gasteiger partial charge is 0.122 e. The van der Waals surface area contributed by atoms with Gasteiger partial charge in [0.05, 0.1) is 5.60 Å². The van der Waals surface area contributed by atoms with Crippen LogP contribution < -0.4 is 5.73 Å². The van der Waals surface area contributed by atoms with Crippen LogP contribution in [0.2, 0.25) is 5.02 Å². The summed E-state index contributed by atoms with van der Waals surface area (Å²) in [5, 5.41) is 18.5. The number of likely N-dealkylation sites (N-methyl/N-ethyl adjacent to an activating group) is 1. The molecular weight excluding hydrogens is 290 g/mol. The number of halogens is 1. The van der Waals surface area contributed by atoms with Gasteiger partial charge in [0.15, 0.2) is 0 Å². The number of nitrogens with two attached hydrogens (primary N) is 1. The van der Waals surface area contributed by atoms with Gasteiger partial charge in [-0.1, -0.05) is 23.7 Å². The summed E-state index contributed by atoms with van der Waals surface area (Å²) >= 11 is 6.23. The van der Waals surface area contributed by atoms with E-state index in [1.54, 1.807) is 12.1 Å². The Bertz CT molecular complexity index is 516. The molecule has 0 amide bonds.